The van der Waals surface area contributed by atoms with Crippen molar-refractivity contribution in [3.63, 3.8) is 0 Å². The van der Waals surface area contributed by atoms with E-state index in [0.717, 1.165) is 10.5 Å². The SMILES string of the molecule is Cc1ccccc1SCC(=O)N(C)Cc1cc([N+](=O)[O-])ccc1Cl. The Morgan fingerprint density at radius 1 is 1.29 bits per heavy atom. The molecule has 7 heteroatoms. The van der Waals surface area contributed by atoms with E-state index >= 15 is 0 Å². The molecule has 0 spiro atoms. The van der Waals surface area contributed by atoms with Crippen LogP contribution in [0.15, 0.2) is 47.4 Å². The predicted octanol–water partition coefficient (Wildman–Crippen LogP) is 4.31. The Hall–Kier alpha value is -2.05. The number of carbonyl (C=O) groups excluding carboxylic acids is 1. The van der Waals surface area contributed by atoms with E-state index in [1.165, 1.54) is 34.9 Å². The number of aryl methyl sites for hydroxylation is 1. The van der Waals surface area contributed by atoms with Crippen LogP contribution in [0.25, 0.3) is 0 Å². The van der Waals surface area contributed by atoms with Crippen LogP contribution >= 0.6 is 23.4 Å². The molecule has 5 nitrogen and oxygen atoms in total. The zero-order valence-electron chi connectivity index (χ0n) is 13.4. The minimum Gasteiger partial charge on any atom is -0.341 e. The summed E-state index contributed by atoms with van der Waals surface area (Å²) < 4.78 is 0. The zero-order chi connectivity index (χ0) is 17.7. The van der Waals surface area contributed by atoms with E-state index in [0.29, 0.717) is 16.3 Å². The lowest BCUT2D eigenvalue weighted by molar-refractivity contribution is -0.384. The summed E-state index contributed by atoms with van der Waals surface area (Å²) in [5, 5.41) is 11.3. The van der Waals surface area contributed by atoms with Gasteiger partial charge in [-0.3, -0.25) is 14.9 Å². The molecule has 24 heavy (non-hydrogen) atoms. The van der Waals surface area contributed by atoms with E-state index in [1.807, 2.05) is 31.2 Å². The number of rotatable bonds is 6. The molecule has 0 N–H and O–H groups in total. The zero-order valence-corrected chi connectivity index (χ0v) is 14.9. The van der Waals surface area contributed by atoms with Gasteiger partial charge in [-0.2, -0.15) is 0 Å². The molecule has 1 amide bonds. The van der Waals surface area contributed by atoms with Crippen LogP contribution in [-0.2, 0) is 11.3 Å². The smallest absolute Gasteiger partial charge is 0.269 e. The Kier molecular flexibility index (Phi) is 6.23. The highest BCUT2D eigenvalue weighted by Crippen LogP contribution is 2.25. The molecule has 2 aromatic carbocycles. The topological polar surface area (TPSA) is 63.5 Å². The van der Waals surface area contributed by atoms with Crippen molar-refractivity contribution in [3.05, 3.63) is 68.7 Å². The Bertz CT molecular complexity index is 767. The standard InChI is InChI=1S/C17H17ClN2O3S/c1-12-5-3-4-6-16(12)24-11-17(21)19(2)10-13-9-14(20(22)23)7-8-15(13)18/h3-9H,10-11H2,1-2H3. The lowest BCUT2D eigenvalue weighted by Crippen LogP contribution is -2.28. The Balaban J connectivity index is 2.00. The summed E-state index contributed by atoms with van der Waals surface area (Å²) in [5.41, 5.74) is 1.65. The molecule has 0 aromatic heterocycles. The molecule has 0 radical (unpaired) electrons. The second kappa shape index (κ2) is 8.17. The van der Waals surface area contributed by atoms with Crippen LogP contribution in [0.5, 0.6) is 0 Å². The van der Waals surface area contributed by atoms with Crippen LogP contribution in [0.1, 0.15) is 11.1 Å². The largest absolute Gasteiger partial charge is 0.341 e. The molecule has 0 heterocycles. The number of thioether (sulfide) groups is 1. The molecular formula is C17H17ClN2O3S. The van der Waals surface area contributed by atoms with E-state index in [2.05, 4.69) is 0 Å². The summed E-state index contributed by atoms with van der Waals surface area (Å²) in [6, 6.07) is 12.1. The first-order valence-corrected chi connectivity index (χ1v) is 8.60. The maximum absolute atomic E-state index is 12.3. The average Bonchev–Trinajstić information content (AvgIpc) is 2.55. The van der Waals surface area contributed by atoms with Gasteiger partial charge in [0.1, 0.15) is 0 Å². The average molecular weight is 365 g/mol. The maximum Gasteiger partial charge on any atom is 0.269 e. The second-order valence-corrected chi connectivity index (χ2v) is 6.76. The third kappa shape index (κ3) is 4.72. The van der Waals surface area contributed by atoms with Gasteiger partial charge in [-0.05, 0) is 30.2 Å². The summed E-state index contributed by atoms with van der Waals surface area (Å²) >= 11 is 7.55. The number of hydrogen-bond acceptors (Lipinski definition) is 4. The molecule has 2 rings (SSSR count). The number of non-ortho nitro benzene ring substituents is 1. The normalized spacial score (nSPS) is 10.5. The van der Waals surface area contributed by atoms with E-state index in [9.17, 15) is 14.9 Å². The minimum atomic E-state index is -0.477. The van der Waals surface area contributed by atoms with Crippen molar-refractivity contribution in [1.82, 2.24) is 4.90 Å². The van der Waals surface area contributed by atoms with Crippen LogP contribution in [0, 0.1) is 17.0 Å². The highest BCUT2D eigenvalue weighted by Gasteiger charge is 2.15. The highest BCUT2D eigenvalue weighted by atomic mass is 35.5. The quantitative estimate of drug-likeness (QED) is 0.435. The number of nitro benzene ring substituents is 1. The van der Waals surface area contributed by atoms with Gasteiger partial charge in [0.2, 0.25) is 5.91 Å². The monoisotopic (exact) mass is 364 g/mol. The van der Waals surface area contributed by atoms with Gasteiger partial charge in [0.25, 0.3) is 5.69 Å². The number of nitrogens with zero attached hydrogens (tertiary/aromatic N) is 2. The van der Waals surface area contributed by atoms with Crippen molar-refractivity contribution in [3.8, 4) is 0 Å². The van der Waals surface area contributed by atoms with Crippen molar-refractivity contribution >= 4 is 35.0 Å². The molecule has 0 unspecified atom stereocenters. The van der Waals surface area contributed by atoms with Crippen molar-refractivity contribution in [2.45, 2.75) is 18.4 Å². The summed E-state index contributed by atoms with van der Waals surface area (Å²) in [6.45, 7) is 2.23. The van der Waals surface area contributed by atoms with Gasteiger partial charge >= 0.3 is 0 Å². The Morgan fingerprint density at radius 3 is 2.67 bits per heavy atom. The third-order valence-electron chi connectivity index (χ3n) is 3.52. The molecule has 0 fully saturated rings. The van der Waals surface area contributed by atoms with Gasteiger partial charge in [0.05, 0.1) is 10.7 Å². The number of amides is 1. The van der Waals surface area contributed by atoms with Gasteiger partial charge in [-0.15, -0.1) is 11.8 Å². The van der Waals surface area contributed by atoms with Crippen molar-refractivity contribution in [1.29, 1.82) is 0 Å². The minimum absolute atomic E-state index is 0.0375. The number of nitro groups is 1. The van der Waals surface area contributed by atoms with Gasteiger partial charge in [0.15, 0.2) is 0 Å². The van der Waals surface area contributed by atoms with Gasteiger partial charge in [-0.25, -0.2) is 0 Å². The first-order valence-electron chi connectivity index (χ1n) is 7.23. The highest BCUT2D eigenvalue weighted by molar-refractivity contribution is 8.00. The Morgan fingerprint density at radius 2 is 2.00 bits per heavy atom. The molecule has 0 aliphatic rings. The predicted molar refractivity (Wildman–Crippen MR) is 96.5 cm³/mol. The second-order valence-electron chi connectivity index (χ2n) is 5.34. The van der Waals surface area contributed by atoms with Crippen LogP contribution < -0.4 is 0 Å². The van der Waals surface area contributed by atoms with E-state index in [4.69, 9.17) is 11.6 Å². The van der Waals surface area contributed by atoms with Crippen molar-refractivity contribution in [2.75, 3.05) is 12.8 Å². The fourth-order valence-corrected chi connectivity index (χ4v) is 3.25. The van der Waals surface area contributed by atoms with E-state index in [-0.39, 0.29) is 18.1 Å². The maximum atomic E-state index is 12.3. The molecule has 2 aromatic rings. The van der Waals surface area contributed by atoms with Gasteiger partial charge < -0.3 is 4.90 Å². The molecule has 0 bridgehead atoms. The third-order valence-corrected chi connectivity index (χ3v) is 5.05. The number of hydrogen-bond donors (Lipinski definition) is 0. The first kappa shape index (κ1) is 18.3. The fraction of sp³-hybridized carbons (Fsp3) is 0.235. The Labute approximate surface area is 149 Å². The molecule has 0 saturated carbocycles. The van der Waals surface area contributed by atoms with Gasteiger partial charge in [0, 0.05) is 35.6 Å². The van der Waals surface area contributed by atoms with E-state index < -0.39 is 4.92 Å². The number of benzene rings is 2. The molecule has 0 saturated heterocycles. The number of carbonyl (C=O) groups is 1. The molecule has 0 atom stereocenters. The lowest BCUT2D eigenvalue weighted by atomic mass is 10.2. The van der Waals surface area contributed by atoms with Crippen LogP contribution in [0.2, 0.25) is 5.02 Å². The van der Waals surface area contributed by atoms with Crippen molar-refractivity contribution < 1.29 is 9.72 Å². The van der Waals surface area contributed by atoms with Crippen LogP contribution in [0.4, 0.5) is 5.69 Å². The number of halogens is 1. The molecular weight excluding hydrogens is 348 g/mol. The fourth-order valence-electron chi connectivity index (χ4n) is 2.11. The lowest BCUT2D eigenvalue weighted by Gasteiger charge is -2.18. The van der Waals surface area contributed by atoms with Crippen LogP contribution in [-0.4, -0.2) is 28.5 Å². The van der Waals surface area contributed by atoms with E-state index in [1.54, 1.807) is 7.05 Å². The van der Waals surface area contributed by atoms with Crippen LogP contribution in [0.3, 0.4) is 0 Å². The summed E-state index contributed by atoms with van der Waals surface area (Å²) in [4.78, 5) is 25.3. The summed E-state index contributed by atoms with van der Waals surface area (Å²) in [7, 11) is 1.66. The van der Waals surface area contributed by atoms with Crippen molar-refractivity contribution in [2.24, 2.45) is 0 Å². The summed E-state index contributed by atoms with van der Waals surface area (Å²) in [6.07, 6.45) is 0. The molecule has 126 valence electrons. The molecule has 0 aliphatic heterocycles. The summed E-state index contributed by atoms with van der Waals surface area (Å²) in [5.74, 6) is 0.235. The first-order chi connectivity index (χ1) is 11.4. The van der Waals surface area contributed by atoms with Gasteiger partial charge in [-0.1, -0.05) is 29.8 Å². The molecule has 0 aliphatic carbocycles.